The van der Waals surface area contributed by atoms with Gasteiger partial charge in [0.05, 0.1) is 18.7 Å². The van der Waals surface area contributed by atoms with Gasteiger partial charge >= 0.3 is 5.97 Å². The molecule has 0 atom stereocenters. The normalized spacial score (nSPS) is 10.6. The highest BCUT2D eigenvalue weighted by atomic mass is 79.9. The summed E-state index contributed by atoms with van der Waals surface area (Å²) in [6.07, 6.45) is 0. The number of anilines is 1. The summed E-state index contributed by atoms with van der Waals surface area (Å²) in [5, 5.41) is 0.949. The first-order chi connectivity index (χ1) is 13.9. The molecule has 1 aromatic heterocycles. The van der Waals surface area contributed by atoms with Crippen molar-refractivity contribution in [3.8, 4) is 0 Å². The average molecular weight is 497 g/mol. The molecule has 0 saturated carbocycles. The van der Waals surface area contributed by atoms with Gasteiger partial charge in [-0.25, -0.2) is 4.79 Å². The molecule has 0 unspecified atom stereocenters. The Morgan fingerprint density at radius 2 is 1.79 bits per heavy atom. The van der Waals surface area contributed by atoms with Crippen LogP contribution in [-0.4, -0.2) is 18.5 Å². The molecule has 150 valence electrons. The Morgan fingerprint density at radius 3 is 2.38 bits per heavy atom. The summed E-state index contributed by atoms with van der Waals surface area (Å²) in [5.41, 5.74) is 1.68. The minimum absolute atomic E-state index is 0.163. The van der Waals surface area contributed by atoms with Crippen LogP contribution in [0.3, 0.4) is 0 Å². The summed E-state index contributed by atoms with van der Waals surface area (Å²) in [6, 6.07) is 14.9. The summed E-state index contributed by atoms with van der Waals surface area (Å²) in [4.78, 5) is 26.5. The summed E-state index contributed by atoms with van der Waals surface area (Å²) in [5.74, 6) is -0.616. The number of carbonyl (C=O) groups is 2. The minimum Gasteiger partial charge on any atom is -0.462 e. The van der Waals surface area contributed by atoms with Gasteiger partial charge in [0.15, 0.2) is 10.4 Å². The number of nitrogens with zero attached hydrogens (tertiary/aromatic N) is 1. The van der Waals surface area contributed by atoms with Gasteiger partial charge in [-0.1, -0.05) is 29.3 Å². The van der Waals surface area contributed by atoms with Gasteiger partial charge in [-0.2, -0.15) is 0 Å². The quantitative estimate of drug-likeness (QED) is 0.372. The lowest BCUT2D eigenvalue weighted by Crippen LogP contribution is -2.30. The third kappa shape index (κ3) is 5.21. The fourth-order valence-corrected chi connectivity index (χ4v) is 3.43. The molecule has 3 rings (SSSR count). The van der Waals surface area contributed by atoms with Crippen LogP contribution in [0.2, 0.25) is 10.0 Å². The second-order valence-corrected chi connectivity index (χ2v) is 7.62. The lowest BCUT2D eigenvalue weighted by Gasteiger charge is -2.23. The first-order valence-electron chi connectivity index (χ1n) is 8.67. The van der Waals surface area contributed by atoms with Crippen molar-refractivity contribution in [1.82, 2.24) is 0 Å². The third-order valence-corrected chi connectivity index (χ3v) is 5.08. The van der Waals surface area contributed by atoms with Gasteiger partial charge in [0.25, 0.3) is 5.91 Å². The predicted octanol–water partition coefficient (Wildman–Crippen LogP) is 6.37. The smallest absolute Gasteiger partial charge is 0.338 e. The van der Waals surface area contributed by atoms with E-state index in [9.17, 15) is 9.59 Å². The maximum atomic E-state index is 13.1. The minimum atomic E-state index is -0.423. The standard InChI is InChI=1S/C21H16BrCl2NO4/c1-2-28-21(27)13-4-7-16(8-5-13)25(20(26)18-9-10-19(22)29-18)12-14-3-6-15(23)11-17(14)24/h3-11H,2,12H2,1H3. The van der Waals surface area contributed by atoms with E-state index in [1.165, 1.54) is 4.90 Å². The number of halogens is 3. The molecule has 0 aliphatic rings. The van der Waals surface area contributed by atoms with Crippen molar-refractivity contribution in [3.05, 3.63) is 86.2 Å². The summed E-state index contributed by atoms with van der Waals surface area (Å²) in [6.45, 7) is 2.21. The van der Waals surface area contributed by atoms with Crippen LogP contribution in [0.15, 0.2) is 63.7 Å². The Kier molecular flexibility index (Phi) is 7.00. The zero-order valence-electron chi connectivity index (χ0n) is 15.3. The number of hydrogen-bond donors (Lipinski definition) is 0. The van der Waals surface area contributed by atoms with Crippen molar-refractivity contribution < 1.29 is 18.7 Å². The SMILES string of the molecule is CCOC(=O)c1ccc(N(Cc2ccc(Cl)cc2Cl)C(=O)c2ccc(Br)o2)cc1. The fourth-order valence-electron chi connectivity index (χ4n) is 2.65. The first kappa shape index (κ1) is 21.4. The first-order valence-corrected chi connectivity index (χ1v) is 10.2. The summed E-state index contributed by atoms with van der Waals surface area (Å²) < 4.78 is 10.9. The van der Waals surface area contributed by atoms with E-state index in [4.69, 9.17) is 32.4 Å². The van der Waals surface area contributed by atoms with Crippen LogP contribution in [0.1, 0.15) is 33.4 Å². The molecule has 1 amide bonds. The van der Waals surface area contributed by atoms with Crippen LogP contribution in [0.25, 0.3) is 0 Å². The van der Waals surface area contributed by atoms with Gasteiger partial charge in [-0.15, -0.1) is 0 Å². The molecule has 0 spiro atoms. The number of ether oxygens (including phenoxy) is 1. The van der Waals surface area contributed by atoms with Crippen molar-refractivity contribution in [2.75, 3.05) is 11.5 Å². The highest BCUT2D eigenvalue weighted by Crippen LogP contribution is 2.27. The number of esters is 1. The highest BCUT2D eigenvalue weighted by Gasteiger charge is 2.22. The molecule has 1 heterocycles. The molecule has 0 aliphatic carbocycles. The van der Waals surface area contributed by atoms with E-state index in [1.807, 2.05) is 0 Å². The van der Waals surface area contributed by atoms with Gasteiger partial charge in [-0.05, 0) is 76.9 Å². The van der Waals surface area contributed by atoms with Crippen LogP contribution >= 0.6 is 39.1 Å². The molecule has 0 radical (unpaired) electrons. The Balaban J connectivity index is 1.96. The zero-order chi connectivity index (χ0) is 21.0. The number of benzene rings is 2. The molecule has 0 saturated heterocycles. The second-order valence-electron chi connectivity index (χ2n) is 6.00. The van der Waals surface area contributed by atoms with Crippen LogP contribution in [0, 0.1) is 0 Å². The van der Waals surface area contributed by atoms with Crippen LogP contribution < -0.4 is 4.90 Å². The molecule has 0 bridgehead atoms. The summed E-state index contributed by atoms with van der Waals surface area (Å²) in [7, 11) is 0. The van der Waals surface area contributed by atoms with Crippen molar-refractivity contribution in [1.29, 1.82) is 0 Å². The molecule has 5 nitrogen and oxygen atoms in total. The Hall–Kier alpha value is -2.28. The van der Waals surface area contributed by atoms with Gasteiger partial charge in [0.2, 0.25) is 0 Å². The predicted molar refractivity (Wildman–Crippen MR) is 116 cm³/mol. The highest BCUT2D eigenvalue weighted by molar-refractivity contribution is 9.10. The lowest BCUT2D eigenvalue weighted by molar-refractivity contribution is 0.0526. The van der Waals surface area contributed by atoms with E-state index < -0.39 is 5.97 Å². The molecular formula is C21H16BrCl2NO4. The zero-order valence-corrected chi connectivity index (χ0v) is 18.4. The van der Waals surface area contributed by atoms with Crippen molar-refractivity contribution in [2.45, 2.75) is 13.5 Å². The molecular weight excluding hydrogens is 481 g/mol. The van der Waals surface area contributed by atoms with Crippen molar-refractivity contribution >= 4 is 56.7 Å². The Labute approximate surface area is 186 Å². The van der Waals surface area contributed by atoms with E-state index in [1.54, 1.807) is 61.5 Å². The number of furan rings is 1. The number of hydrogen-bond acceptors (Lipinski definition) is 4. The molecule has 2 aromatic carbocycles. The number of carbonyl (C=O) groups excluding carboxylic acids is 2. The Bertz CT molecular complexity index is 1030. The maximum Gasteiger partial charge on any atom is 0.338 e. The Morgan fingerprint density at radius 1 is 1.07 bits per heavy atom. The van der Waals surface area contributed by atoms with Crippen molar-refractivity contribution in [3.63, 3.8) is 0 Å². The van der Waals surface area contributed by atoms with Crippen molar-refractivity contribution in [2.24, 2.45) is 0 Å². The molecule has 3 aromatic rings. The van der Waals surface area contributed by atoms with E-state index in [-0.39, 0.29) is 24.8 Å². The van der Waals surface area contributed by atoms with Crippen LogP contribution in [0.5, 0.6) is 0 Å². The van der Waals surface area contributed by atoms with Gasteiger partial charge < -0.3 is 14.1 Å². The topological polar surface area (TPSA) is 59.8 Å². The van der Waals surface area contributed by atoms with Gasteiger partial charge in [0, 0.05) is 15.7 Å². The largest absolute Gasteiger partial charge is 0.462 e. The fraction of sp³-hybridized carbons (Fsp3) is 0.143. The third-order valence-electron chi connectivity index (χ3n) is 4.06. The van der Waals surface area contributed by atoms with E-state index >= 15 is 0 Å². The molecule has 29 heavy (non-hydrogen) atoms. The second kappa shape index (κ2) is 9.48. The summed E-state index contributed by atoms with van der Waals surface area (Å²) >= 11 is 15.5. The van der Waals surface area contributed by atoms with E-state index in [0.29, 0.717) is 31.5 Å². The molecule has 0 aliphatic heterocycles. The molecule has 0 N–H and O–H groups in total. The van der Waals surface area contributed by atoms with Gasteiger partial charge in [-0.3, -0.25) is 4.79 Å². The number of rotatable bonds is 6. The van der Waals surface area contributed by atoms with Gasteiger partial charge in [0.1, 0.15) is 0 Å². The van der Waals surface area contributed by atoms with Crippen LogP contribution in [-0.2, 0) is 11.3 Å². The average Bonchev–Trinajstić information content (AvgIpc) is 3.14. The number of amides is 1. The maximum absolute atomic E-state index is 13.1. The van der Waals surface area contributed by atoms with E-state index in [0.717, 1.165) is 0 Å². The molecule has 8 heteroatoms. The molecule has 0 fully saturated rings. The van der Waals surface area contributed by atoms with Crippen LogP contribution in [0.4, 0.5) is 5.69 Å². The monoisotopic (exact) mass is 495 g/mol. The lowest BCUT2D eigenvalue weighted by atomic mass is 10.1. The van der Waals surface area contributed by atoms with E-state index in [2.05, 4.69) is 15.9 Å².